The van der Waals surface area contributed by atoms with Crippen molar-refractivity contribution >= 4 is 23.0 Å². The molecule has 0 bridgehead atoms. The first-order chi connectivity index (χ1) is 12.9. The summed E-state index contributed by atoms with van der Waals surface area (Å²) in [5.41, 5.74) is 1.10. The zero-order valence-electron chi connectivity index (χ0n) is 15.4. The lowest BCUT2D eigenvalue weighted by molar-refractivity contribution is 0.687. The minimum atomic E-state index is -1.06. The SMILES string of the molecule is Cn1c(=O)c(=Cc2ccc(S(C)=O)cc2)n(C)c(=O)c1=Cc1ccccc1. The number of hydrogen-bond acceptors (Lipinski definition) is 3. The lowest BCUT2D eigenvalue weighted by atomic mass is 10.2. The fraction of sp³-hybridized carbons (Fsp3) is 0.143. The maximum absolute atomic E-state index is 12.8. The second kappa shape index (κ2) is 7.72. The van der Waals surface area contributed by atoms with Crippen LogP contribution in [0.3, 0.4) is 0 Å². The standard InChI is InChI=1S/C21H20N2O3S/c1-22-18(13-15-7-5-4-6-8-15)20(24)23(2)19(21(22)25)14-16-9-11-17(12-10-16)27(3)26/h4-14H,1-3H3. The number of nitrogens with zero attached hydrogens (tertiary/aromatic N) is 2. The molecule has 138 valence electrons. The molecule has 1 unspecified atom stereocenters. The Morgan fingerprint density at radius 1 is 0.741 bits per heavy atom. The molecule has 1 heterocycles. The van der Waals surface area contributed by atoms with E-state index in [-0.39, 0.29) is 16.5 Å². The molecule has 0 aliphatic carbocycles. The molecule has 0 N–H and O–H groups in total. The average Bonchev–Trinajstić information content (AvgIpc) is 2.68. The summed E-state index contributed by atoms with van der Waals surface area (Å²) < 4.78 is 14.2. The zero-order valence-corrected chi connectivity index (χ0v) is 16.2. The zero-order chi connectivity index (χ0) is 19.6. The topological polar surface area (TPSA) is 61.1 Å². The molecule has 0 saturated heterocycles. The van der Waals surface area contributed by atoms with Crippen molar-refractivity contribution < 1.29 is 4.21 Å². The Morgan fingerprint density at radius 2 is 1.19 bits per heavy atom. The van der Waals surface area contributed by atoms with Crippen LogP contribution < -0.4 is 21.8 Å². The Bertz CT molecular complexity index is 1240. The smallest absolute Gasteiger partial charge is 0.274 e. The Labute approximate surface area is 159 Å². The van der Waals surface area contributed by atoms with Crippen LogP contribution in [0.2, 0.25) is 0 Å². The van der Waals surface area contributed by atoms with Crippen molar-refractivity contribution in [3.8, 4) is 0 Å². The minimum Gasteiger partial charge on any atom is -0.305 e. The molecule has 0 fully saturated rings. The predicted octanol–water partition coefficient (Wildman–Crippen LogP) is 0.479. The van der Waals surface area contributed by atoms with Gasteiger partial charge in [-0.15, -0.1) is 0 Å². The highest BCUT2D eigenvalue weighted by atomic mass is 32.2. The van der Waals surface area contributed by atoms with E-state index in [0.717, 1.165) is 11.1 Å². The van der Waals surface area contributed by atoms with Crippen molar-refractivity contribution in [1.82, 2.24) is 9.13 Å². The van der Waals surface area contributed by atoms with Gasteiger partial charge in [-0.25, -0.2) is 0 Å². The van der Waals surface area contributed by atoms with E-state index in [9.17, 15) is 13.8 Å². The van der Waals surface area contributed by atoms with Crippen LogP contribution in [0.5, 0.6) is 0 Å². The molecule has 5 nitrogen and oxygen atoms in total. The summed E-state index contributed by atoms with van der Waals surface area (Å²) in [5, 5.41) is 0.612. The van der Waals surface area contributed by atoms with Gasteiger partial charge < -0.3 is 9.13 Å². The van der Waals surface area contributed by atoms with Crippen LogP contribution in [0.4, 0.5) is 0 Å². The molecule has 0 aliphatic heterocycles. The monoisotopic (exact) mass is 380 g/mol. The first-order valence-electron chi connectivity index (χ1n) is 8.36. The lowest BCUT2D eigenvalue weighted by Gasteiger charge is -2.05. The van der Waals surface area contributed by atoms with Gasteiger partial charge in [-0.05, 0) is 35.4 Å². The second-order valence-electron chi connectivity index (χ2n) is 6.22. The summed E-state index contributed by atoms with van der Waals surface area (Å²) in [4.78, 5) is 26.4. The molecule has 27 heavy (non-hydrogen) atoms. The third kappa shape index (κ3) is 3.90. The van der Waals surface area contributed by atoms with E-state index in [0.29, 0.717) is 10.2 Å². The Kier molecular flexibility index (Phi) is 5.37. The molecule has 2 aromatic carbocycles. The fourth-order valence-corrected chi connectivity index (χ4v) is 3.31. The molecule has 0 spiro atoms. The molecule has 6 heteroatoms. The molecule has 0 radical (unpaired) electrons. The largest absolute Gasteiger partial charge is 0.305 e. The Hall–Kier alpha value is -2.99. The summed E-state index contributed by atoms with van der Waals surface area (Å²) >= 11 is 0. The van der Waals surface area contributed by atoms with Crippen LogP contribution >= 0.6 is 0 Å². The fourth-order valence-electron chi connectivity index (χ4n) is 2.79. The van der Waals surface area contributed by atoms with Gasteiger partial charge in [0.25, 0.3) is 11.1 Å². The van der Waals surface area contributed by atoms with E-state index in [2.05, 4.69) is 0 Å². The molecular weight excluding hydrogens is 360 g/mol. The van der Waals surface area contributed by atoms with E-state index in [4.69, 9.17) is 0 Å². The minimum absolute atomic E-state index is 0.251. The van der Waals surface area contributed by atoms with Crippen molar-refractivity contribution in [1.29, 1.82) is 0 Å². The van der Waals surface area contributed by atoms with Gasteiger partial charge >= 0.3 is 0 Å². The second-order valence-corrected chi connectivity index (χ2v) is 7.60. The summed E-state index contributed by atoms with van der Waals surface area (Å²) in [6, 6.07) is 16.5. The molecule has 1 aromatic heterocycles. The highest BCUT2D eigenvalue weighted by Gasteiger charge is 2.06. The Balaban J connectivity index is 2.22. The summed E-state index contributed by atoms with van der Waals surface area (Å²) in [5.74, 6) is 0. The molecule has 0 aliphatic rings. The molecule has 3 aromatic rings. The number of rotatable bonds is 3. The molecule has 0 amide bonds. The maximum Gasteiger partial charge on any atom is 0.274 e. The van der Waals surface area contributed by atoms with Gasteiger partial charge in [0.05, 0.1) is 0 Å². The highest BCUT2D eigenvalue weighted by molar-refractivity contribution is 7.84. The van der Waals surface area contributed by atoms with Crippen LogP contribution in [0.1, 0.15) is 11.1 Å². The van der Waals surface area contributed by atoms with Crippen LogP contribution in [0, 0.1) is 0 Å². The van der Waals surface area contributed by atoms with E-state index in [1.807, 2.05) is 30.3 Å². The number of aromatic nitrogens is 2. The molecular formula is C21H20N2O3S. The average molecular weight is 380 g/mol. The van der Waals surface area contributed by atoms with Gasteiger partial charge in [0.15, 0.2) is 0 Å². The predicted molar refractivity (Wildman–Crippen MR) is 109 cm³/mol. The summed E-state index contributed by atoms with van der Waals surface area (Å²) in [6.45, 7) is 0. The van der Waals surface area contributed by atoms with E-state index in [1.54, 1.807) is 56.8 Å². The number of benzene rings is 2. The molecule has 0 saturated carbocycles. The van der Waals surface area contributed by atoms with E-state index >= 15 is 0 Å². The van der Waals surface area contributed by atoms with Gasteiger partial charge in [-0.2, -0.15) is 0 Å². The van der Waals surface area contributed by atoms with Gasteiger partial charge in [0, 0.05) is 36.0 Å². The highest BCUT2D eigenvalue weighted by Crippen LogP contribution is 2.07. The quantitative estimate of drug-likeness (QED) is 0.664. The summed E-state index contributed by atoms with van der Waals surface area (Å²) in [6.07, 6.45) is 4.98. The third-order valence-corrected chi connectivity index (χ3v) is 5.32. The van der Waals surface area contributed by atoms with Gasteiger partial charge in [0.2, 0.25) is 0 Å². The van der Waals surface area contributed by atoms with Crippen molar-refractivity contribution in [3.63, 3.8) is 0 Å². The van der Waals surface area contributed by atoms with Crippen LogP contribution in [-0.4, -0.2) is 19.6 Å². The van der Waals surface area contributed by atoms with Gasteiger partial charge in [-0.1, -0.05) is 42.5 Å². The normalized spacial score (nSPS) is 13.7. The molecule has 1 atom stereocenters. The first-order valence-corrected chi connectivity index (χ1v) is 9.92. The maximum atomic E-state index is 12.8. The number of hydrogen-bond donors (Lipinski definition) is 0. The van der Waals surface area contributed by atoms with Crippen molar-refractivity contribution in [3.05, 3.63) is 97.1 Å². The van der Waals surface area contributed by atoms with Gasteiger partial charge in [0.1, 0.15) is 10.7 Å². The third-order valence-electron chi connectivity index (χ3n) is 4.39. The van der Waals surface area contributed by atoms with E-state index in [1.165, 1.54) is 9.13 Å². The summed E-state index contributed by atoms with van der Waals surface area (Å²) in [7, 11) is 2.13. The lowest BCUT2D eigenvalue weighted by Crippen LogP contribution is -2.56. The Morgan fingerprint density at radius 3 is 1.63 bits per heavy atom. The van der Waals surface area contributed by atoms with Crippen molar-refractivity contribution in [2.75, 3.05) is 6.26 Å². The van der Waals surface area contributed by atoms with Crippen molar-refractivity contribution in [2.45, 2.75) is 4.90 Å². The van der Waals surface area contributed by atoms with Crippen molar-refractivity contribution in [2.24, 2.45) is 14.1 Å². The van der Waals surface area contributed by atoms with E-state index < -0.39 is 10.8 Å². The van der Waals surface area contributed by atoms with Crippen LogP contribution in [-0.2, 0) is 24.9 Å². The molecule has 3 rings (SSSR count). The van der Waals surface area contributed by atoms with Crippen LogP contribution in [0.15, 0.2) is 69.1 Å². The van der Waals surface area contributed by atoms with Crippen LogP contribution in [0.25, 0.3) is 12.2 Å². The first kappa shape index (κ1) is 18.8. The van der Waals surface area contributed by atoms with Gasteiger partial charge in [-0.3, -0.25) is 13.8 Å².